The molecule has 0 radical (unpaired) electrons. The first-order valence-electron chi connectivity index (χ1n) is 11.3. The van der Waals surface area contributed by atoms with Crippen molar-refractivity contribution < 1.29 is 4.79 Å². The highest BCUT2D eigenvalue weighted by Crippen LogP contribution is 2.39. The van der Waals surface area contributed by atoms with Gasteiger partial charge >= 0.3 is 0 Å². The molecule has 3 nitrogen and oxygen atoms in total. The van der Waals surface area contributed by atoms with Gasteiger partial charge in [-0.3, -0.25) is 4.79 Å². The molecule has 3 aromatic carbocycles. The van der Waals surface area contributed by atoms with Crippen molar-refractivity contribution in [1.82, 2.24) is 10.3 Å². The molecule has 2 N–H and O–H groups in total. The average molecular weight is 409 g/mol. The molecule has 3 heteroatoms. The maximum Gasteiger partial charge on any atom is 0.251 e. The van der Waals surface area contributed by atoms with Gasteiger partial charge in [-0.2, -0.15) is 0 Å². The number of aromatic nitrogens is 1. The first-order valence-corrected chi connectivity index (χ1v) is 11.3. The van der Waals surface area contributed by atoms with Crippen LogP contribution in [0, 0.1) is 0 Å². The Labute approximate surface area is 183 Å². The molecule has 0 atom stereocenters. The van der Waals surface area contributed by atoms with Gasteiger partial charge in [0.15, 0.2) is 0 Å². The third-order valence-electron chi connectivity index (χ3n) is 6.52. The molecule has 0 saturated heterocycles. The van der Waals surface area contributed by atoms with Gasteiger partial charge in [-0.05, 0) is 71.7 Å². The Hall–Kier alpha value is -3.33. The van der Waals surface area contributed by atoms with Crippen molar-refractivity contribution in [3.63, 3.8) is 0 Å². The molecule has 156 valence electrons. The maximum atomic E-state index is 12.0. The molecule has 0 unspecified atom stereocenters. The normalized spacial score (nSPS) is 12.5. The zero-order chi connectivity index (χ0) is 21.4. The van der Waals surface area contributed by atoms with Gasteiger partial charge in [-0.25, -0.2) is 0 Å². The molecule has 5 rings (SSSR count). The highest BCUT2D eigenvalue weighted by atomic mass is 16.1. The minimum atomic E-state index is -0.0319. The van der Waals surface area contributed by atoms with E-state index in [1.165, 1.54) is 62.8 Å². The summed E-state index contributed by atoms with van der Waals surface area (Å²) >= 11 is 0. The first kappa shape index (κ1) is 19.6. The second-order valence-electron chi connectivity index (χ2n) is 8.49. The Morgan fingerprint density at radius 1 is 0.968 bits per heavy atom. The van der Waals surface area contributed by atoms with Gasteiger partial charge < -0.3 is 10.3 Å². The predicted molar refractivity (Wildman–Crippen MR) is 129 cm³/mol. The van der Waals surface area contributed by atoms with E-state index in [2.05, 4.69) is 65.8 Å². The van der Waals surface area contributed by atoms with Gasteiger partial charge in [0.05, 0.1) is 0 Å². The van der Waals surface area contributed by atoms with Gasteiger partial charge in [0, 0.05) is 34.8 Å². The predicted octanol–water partition coefficient (Wildman–Crippen LogP) is 6.30. The molecule has 0 aliphatic heterocycles. The molecule has 31 heavy (non-hydrogen) atoms. The van der Waals surface area contributed by atoms with E-state index >= 15 is 0 Å². The standard InChI is InChI=1S/C28H28N2O/c1-3-4-5-18-6-8-19(9-7-18)20-10-14-24-25-15-11-21-16-22(28(31)29-2)12-13-23(21)27(25)30-26(24)17-20/h6-10,12-14,16-17,30H,3-5,11,15H2,1-2H3,(H,29,31). The number of hydrogen-bond donors (Lipinski definition) is 2. The molecule has 0 saturated carbocycles. The van der Waals surface area contributed by atoms with Crippen LogP contribution in [0.1, 0.15) is 46.8 Å². The zero-order valence-electron chi connectivity index (χ0n) is 18.2. The smallest absolute Gasteiger partial charge is 0.251 e. The lowest BCUT2D eigenvalue weighted by Crippen LogP contribution is -2.18. The van der Waals surface area contributed by atoms with Crippen LogP contribution in [0.15, 0.2) is 60.7 Å². The topological polar surface area (TPSA) is 44.9 Å². The Morgan fingerprint density at radius 3 is 2.55 bits per heavy atom. The Morgan fingerprint density at radius 2 is 1.77 bits per heavy atom. The Kier molecular flexibility index (Phi) is 5.11. The highest BCUT2D eigenvalue weighted by molar-refractivity contribution is 5.97. The summed E-state index contributed by atoms with van der Waals surface area (Å²) in [7, 11) is 1.67. The van der Waals surface area contributed by atoms with Crippen LogP contribution in [0.2, 0.25) is 0 Å². The summed E-state index contributed by atoms with van der Waals surface area (Å²) in [5.74, 6) is -0.0319. The number of unbranched alkanes of at least 4 members (excludes halogenated alkanes) is 1. The third kappa shape index (κ3) is 3.54. The molecule has 4 aromatic rings. The van der Waals surface area contributed by atoms with Gasteiger partial charge in [-0.15, -0.1) is 0 Å². The van der Waals surface area contributed by atoms with Crippen LogP contribution in [0.25, 0.3) is 33.3 Å². The number of benzene rings is 3. The molecule has 1 aliphatic rings. The summed E-state index contributed by atoms with van der Waals surface area (Å²) in [5, 5.41) is 4.02. The van der Waals surface area contributed by atoms with Gasteiger partial charge in [0.25, 0.3) is 5.91 Å². The molecular formula is C28H28N2O. The fraction of sp³-hybridized carbons (Fsp3) is 0.250. The molecule has 1 heterocycles. The van der Waals surface area contributed by atoms with Gasteiger partial charge in [0.2, 0.25) is 0 Å². The number of H-pyrrole nitrogens is 1. The summed E-state index contributed by atoms with van der Waals surface area (Å²) in [6, 6.07) is 21.8. The molecule has 1 amide bonds. The summed E-state index contributed by atoms with van der Waals surface area (Å²) in [6.45, 7) is 2.23. The average Bonchev–Trinajstić information content (AvgIpc) is 3.20. The van der Waals surface area contributed by atoms with Crippen LogP contribution in [-0.2, 0) is 19.3 Å². The Bertz CT molecular complexity index is 1260. The number of amides is 1. The summed E-state index contributed by atoms with van der Waals surface area (Å²) in [4.78, 5) is 15.7. The number of carbonyl (C=O) groups excluding carboxylic acids is 1. The van der Waals surface area contributed by atoms with Crippen LogP contribution < -0.4 is 5.32 Å². The van der Waals surface area contributed by atoms with E-state index < -0.39 is 0 Å². The highest BCUT2D eigenvalue weighted by Gasteiger charge is 2.22. The number of hydrogen-bond acceptors (Lipinski definition) is 1. The largest absolute Gasteiger partial charge is 0.355 e. The lowest BCUT2D eigenvalue weighted by Gasteiger charge is -2.17. The number of aromatic amines is 1. The minimum Gasteiger partial charge on any atom is -0.355 e. The van der Waals surface area contributed by atoms with Crippen LogP contribution in [0.5, 0.6) is 0 Å². The number of aryl methyl sites for hydroxylation is 3. The number of nitrogens with one attached hydrogen (secondary N) is 2. The Balaban J connectivity index is 1.51. The van der Waals surface area contributed by atoms with Crippen LogP contribution in [0.3, 0.4) is 0 Å². The molecule has 0 fully saturated rings. The molecule has 0 spiro atoms. The SMILES string of the molecule is CCCCc1ccc(-c2ccc3c4c([nH]c3c2)-c2ccc(C(=O)NC)cc2CC4)cc1. The molecular weight excluding hydrogens is 380 g/mol. The monoisotopic (exact) mass is 408 g/mol. The number of carbonyl (C=O) groups is 1. The summed E-state index contributed by atoms with van der Waals surface area (Å²) in [6.07, 6.45) is 5.57. The second-order valence-corrected chi connectivity index (χ2v) is 8.49. The zero-order valence-corrected chi connectivity index (χ0v) is 18.2. The van der Waals surface area contributed by atoms with Gasteiger partial charge in [-0.1, -0.05) is 55.8 Å². The van der Waals surface area contributed by atoms with Crippen molar-refractivity contribution in [2.75, 3.05) is 7.05 Å². The summed E-state index contributed by atoms with van der Waals surface area (Å²) < 4.78 is 0. The van der Waals surface area contributed by atoms with Crippen LogP contribution >= 0.6 is 0 Å². The van der Waals surface area contributed by atoms with E-state index in [0.717, 1.165) is 24.8 Å². The van der Waals surface area contributed by atoms with Crippen molar-refractivity contribution in [2.24, 2.45) is 0 Å². The van der Waals surface area contributed by atoms with E-state index in [9.17, 15) is 4.79 Å². The van der Waals surface area contributed by atoms with E-state index in [-0.39, 0.29) is 5.91 Å². The fourth-order valence-corrected chi connectivity index (χ4v) is 4.76. The van der Waals surface area contributed by atoms with E-state index in [4.69, 9.17) is 0 Å². The third-order valence-corrected chi connectivity index (χ3v) is 6.52. The van der Waals surface area contributed by atoms with E-state index in [1.807, 2.05) is 12.1 Å². The van der Waals surface area contributed by atoms with Crippen molar-refractivity contribution in [1.29, 1.82) is 0 Å². The van der Waals surface area contributed by atoms with Crippen molar-refractivity contribution in [3.8, 4) is 22.4 Å². The number of rotatable bonds is 5. The van der Waals surface area contributed by atoms with Gasteiger partial charge in [0.1, 0.15) is 0 Å². The second kappa shape index (κ2) is 8.07. The molecule has 1 aliphatic carbocycles. The molecule has 0 bridgehead atoms. The minimum absolute atomic E-state index is 0.0319. The fourth-order valence-electron chi connectivity index (χ4n) is 4.76. The van der Waals surface area contributed by atoms with Crippen molar-refractivity contribution in [2.45, 2.75) is 39.0 Å². The lowest BCUT2D eigenvalue weighted by molar-refractivity contribution is 0.0963. The van der Waals surface area contributed by atoms with Crippen molar-refractivity contribution >= 4 is 16.8 Å². The maximum absolute atomic E-state index is 12.0. The molecule has 1 aromatic heterocycles. The quantitative estimate of drug-likeness (QED) is 0.400. The lowest BCUT2D eigenvalue weighted by atomic mass is 9.87. The van der Waals surface area contributed by atoms with Crippen LogP contribution in [0.4, 0.5) is 0 Å². The first-order chi connectivity index (χ1) is 15.2. The van der Waals surface area contributed by atoms with Crippen molar-refractivity contribution in [3.05, 3.63) is 82.9 Å². The van der Waals surface area contributed by atoms with E-state index in [0.29, 0.717) is 0 Å². The summed E-state index contributed by atoms with van der Waals surface area (Å²) in [5.41, 5.74) is 10.9. The van der Waals surface area contributed by atoms with E-state index in [1.54, 1.807) is 7.05 Å². The number of fused-ring (bicyclic) bond motifs is 5. The van der Waals surface area contributed by atoms with Crippen LogP contribution in [-0.4, -0.2) is 17.9 Å².